The van der Waals surface area contributed by atoms with Crippen molar-refractivity contribution in [3.8, 4) is 66.8 Å². The molecule has 0 heterocycles. The Bertz CT molecular complexity index is 2560. The van der Waals surface area contributed by atoms with Crippen molar-refractivity contribution in [1.29, 1.82) is 0 Å². The first kappa shape index (κ1) is 26.5. The second kappa shape index (κ2) is 9.64. The molecule has 0 saturated carbocycles. The van der Waals surface area contributed by atoms with E-state index < -0.39 is 0 Å². The fraction of sp³-hybridized carbons (Fsp3) is 0.0638. The average molecular weight is 597 g/mol. The summed E-state index contributed by atoms with van der Waals surface area (Å²) >= 11 is 0. The summed E-state index contributed by atoms with van der Waals surface area (Å²) < 4.78 is 0. The number of hydrogen-bond acceptors (Lipinski definition) is 0. The van der Waals surface area contributed by atoms with Gasteiger partial charge in [-0.3, -0.25) is 0 Å². The Kier molecular flexibility index (Phi) is 5.44. The molecule has 2 aliphatic rings. The first-order chi connectivity index (χ1) is 23.1. The Morgan fingerprint density at radius 3 is 1.66 bits per heavy atom. The lowest BCUT2D eigenvalue weighted by molar-refractivity contribution is 0.660. The summed E-state index contributed by atoms with van der Waals surface area (Å²) in [4.78, 5) is 0. The van der Waals surface area contributed by atoms with Crippen LogP contribution in [0.3, 0.4) is 0 Å². The molecule has 8 aromatic carbocycles. The Balaban J connectivity index is 1.03. The van der Waals surface area contributed by atoms with Gasteiger partial charge in [0.25, 0.3) is 0 Å². The first-order valence-electron chi connectivity index (χ1n) is 16.6. The van der Waals surface area contributed by atoms with Crippen LogP contribution in [0.1, 0.15) is 25.0 Å². The van der Waals surface area contributed by atoms with Crippen molar-refractivity contribution in [2.45, 2.75) is 19.3 Å². The van der Waals surface area contributed by atoms with Crippen molar-refractivity contribution in [3.63, 3.8) is 0 Å². The van der Waals surface area contributed by atoms with Crippen LogP contribution in [0.2, 0.25) is 0 Å². The van der Waals surface area contributed by atoms with Gasteiger partial charge in [0.2, 0.25) is 0 Å². The number of hydrogen-bond donors (Lipinski definition) is 0. The second-order valence-electron chi connectivity index (χ2n) is 13.7. The van der Waals surface area contributed by atoms with Crippen LogP contribution in [-0.2, 0) is 5.41 Å². The summed E-state index contributed by atoms with van der Waals surface area (Å²) in [6.45, 7) is 4.69. The summed E-state index contributed by atoms with van der Waals surface area (Å²) in [6, 6.07) is 58.8. The highest BCUT2D eigenvalue weighted by Crippen LogP contribution is 2.53. The van der Waals surface area contributed by atoms with Gasteiger partial charge in [-0.05, 0) is 112 Å². The standard InChI is InChI=1S/C47H32/c1-47(2)42-16-6-5-13-37(42)38-26-25-34(28-43(38)47)31-19-17-29(18-20-31)30-21-23-33(24-22-30)45-36-12-4-3-9-35(36)27-41-39-14-7-10-32-11-8-15-40(44(32)39)46(41)45/h3-28H,1-2H3. The normalized spacial score (nSPS) is 13.5. The average Bonchev–Trinajstić information content (AvgIpc) is 3.56. The zero-order valence-electron chi connectivity index (χ0n) is 26.5. The number of rotatable bonds is 3. The monoisotopic (exact) mass is 596 g/mol. The van der Waals surface area contributed by atoms with E-state index in [-0.39, 0.29) is 5.41 Å². The third-order valence-corrected chi connectivity index (χ3v) is 10.8. The smallest absolute Gasteiger partial charge is 0.0159 e. The summed E-state index contributed by atoms with van der Waals surface area (Å²) in [5.41, 5.74) is 18.5. The van der Waals surface area contributed by atoms with Crippen molar-refractivity contribution < 1.29 is 0 Å². The Hall–Kier alpha value is -5.72. The van der Waals surface area contributed by atoms with Gasteiger partial charge in [0.05, 0.1) is 0 Å². The van der Waals surface area contributed by atoms with Crippen LogP contribution < -0.4 is 0 Å². The lowest BCUT2D eigenvalue weighted by Crippen LogP contribution is -2.14. The second-order valence-corrected chi connectivity index (χ2v) is 13.7. The van der Waals surface area contributed by atoms with Crippen LogP contribution in [0.5, 0.6) is 0 Å². The Labute approximate surface area is 275 Å². The van der Waals surface area contributed by atoms with E-state index in [1.54, 1.807) is 0 Å². The van der Waals surface area contributed by atoms with Gasteiger partial charge in [-0.1, -0.05) is 159 Å². The summed E-state index contributed by atoms with van der Waals surface area (Å²) in [5.74, 6) is 0. The summed E-state index contributed by atoms with van der Waals surface area (Å²) in [6.07, 6.45) is 0. The molecular weight excluding hydrogens is 565 g/mol. The molecule has 0 aliphatic heterocycles. The van der Waals surface area contributed by atoms with E-state index in [0.717, 1.165) is 0 Å². The highest BCUT2D eigenvalue weighted by Gasteiger charge is 2.35. The fourth-order valence-corrected chi connectivity index (χ4v) is 8.48. The third-order valence-electron chi connectivity index (χ3n) is 10.8. The Morgan fingerprint density at radius 2 is 0.894 bits per heavy atom. The maximum absolute atomic E-state index is 2.40. The molecule has 0 N–H and O–H groups in total. The van der Waals surface area contributed by atoms with Crippen molar-refractivity contribution in [2.75, 3.05) is 0 Å². The summed E-state index contributed by atoms with van der Waals surface area (Å²) in [7, 11) is 0. The number of benzene rings is 8. The van der Waals surface area contributed by atoms with Crippen LogP contribution >= 0.6 is 0 Å². The van der Waals surface area contributed by atoms with Gasteiger partial charge >= 0.3 is 0 Å². The molecule has 0 amide bonds. The third kappa shape index (κ3) is 3.76. The van der Waals surface area contributed by atoms with Gasteiger partial charge in [0, 0.05) is 5.41 Å². The predicted molar refractivity (Wildman–Crippen MR) is 200 cm³/mol. The van der Waals surface area contributed by atoms with Crippen molar-refractivity contribution >= 4 is 21.5 Å². The van der Waals surface area contributed by atoms with E-state index >= 15 is 0 Å². The van der Waals surface area contributed by atoms with Crippen LogP contribution in [0.15, 0.2) is 158 Å². The van der Waals surface area contributed by atoms with E-state index in [2.05, 4.69) is 172 Å². The van der Waals surface area contributed by atoms with Crippen LogP contribution in [0, 0.1) is 0 Å². The van der Waals surface area contributed by atoms with Gasteiger partial charge in [0.15, 0.2) is 0 Å². The van der Waals surface area contributed by atoms with Gasteiger partial charge in [-0.15, -0.1) is 0 Å². The van der Waals surface area contributed by atoms with Crippen molar-refractivity contribution in [2.24, 2.45) is 0 Å². The molecule has 8 aromatic rings. The van der Waals surface area contributed by atoms with E-state index in [9.17, 15) is 0 Å². The fourth-order valence-electron chi connectivity index (χ4n) is 8.48. The molecule has 0 unspecified atom stereocenters. The molecule has 0 fully saturated rings. The molecule has 0 atom stereocenters. The lowest BCUT2D eigenvalue weighted by atomic mass is 9.81. The largest absolute Gasteiger partial charge is 0.0619 e. The predicted octanol–water partition coefficient (Wildman–Crippen LogP) is 12.9. The lowest BCUT2D eigenvalue weighted by Gasteiger charge is -2.22. The number of fused-ring (bicyclic) bond motifs is 7. The van der Waals surface area contributed by atoms with Gasteiger partial charge in [0.1, 0.15) is 0 Å². The zero-order valence-corrected chi connectivity index (χ0v) is 26.5. The minimum absolute atomic E-state index is 0.00310. The van der Waals surface area contributed by atoms with Crippen molar-refractivity contribution in [3.05, 3.63) is 169 Å². The first-order valence-corrected chi connectivity index (χ1v) is 16.6. The molecule has 47 heavy (non-hydrogen) atoms. The van der Waals surface area contributed by atoms with E-state index in [0.29, 0.717) is 0 Å². The zero-order chi connectivity index (χ0) is 31.3. The maximum Gasteiger partial charge on any atom is 0.0159 e. The molecule has 0 spiro atoms. The van der Waals surface area contributed by atoms with Gasteiger partial charge in [-0.25, -0.2) is 0 Å². The molecule has 0 nitrogen and oxygen atoms in total. The summed E-state index contributed by atoms with van der Waals surface area (Å²) in [5, 5.41) is 5.26. The molecule has 0 radical (unpaired) electrons. The highest BCUT2D eigenvalue weighted by molar-refractivity contribution is 6.22. The molecule has 0 heteroatoms. The van der Waals surface area contributed by atoms with Crippen LogP contribution in [0.4, 0.5) is 0 Å². The quantitative estimate of drug-likeness (QED) is 0.190. The molecule has 2 aliphatic carbocycles. The minimum Gasteiger partial charge on any atom is -0.0619 e. The topological polar surface area (TPSA) is 0 Å². The maximum atomic E-state index is 2.40. The SMILES string of the molecule is CC1(C)c2ccccc2-c2ccc(-c3ccc(-c4ccc(-c5c6c(cc7ccccc57)-c5cccc7cccc-6c57)cc4)cc3)cc21. The molecular formula is C47H32. The molecule has 0 aromatic heterocycles. The molecule has 10 rings (SSSR count). The van der Waals surface area contributed by atoms with E-state index in [1.165, 1.54) is 99.4 Å². The molecule has 220 valence electrons. The minimum atomic E-state index is 0.00310. The van der Waals surface area contributed by atoms with Gasteiger partial charge in [-0.2, -0.15) is 0 Å². The van der Waals surface area contributed by atoms with Crippen LogP contribution in [0.25, 0.3) is 88.3 Å². The molecule has 0 saturated heterocycles. The highest BCUT2D eigenvalue weighted by atomic mass is 14.4. The van der Waals surface area contributed by atoms with E-state index in [4.69, 9.17) is 0 Å². The van der Waals surface area contributed by atoms with Crippen molar-refractivity contribution in [1.82, 2.24) is 0 Å². The van der Waals surface area contributed by atoms with Crippen LogP contribution in [-0.4, -0.2) is 0 Å². The van der Waals surface area contributed by atoms with Gasteiger partial charge < -0.3 is 0 Å². The Morgan fingerprint density at radius 1 is 0.340 bits per heavy atom. The van der Waals surface area contributed by atoms with E-state index in [1.807, 2.05) is 0 Å². The molecule has 0 bridgehead atoms.